The molecule has 16 heavy (non-hydrogen) atoms. The molecule has 1 rings (SSSR count). The van der Waals surface area contributed by atoms with Crippen LogP contribution in [0.15, 0.2) is 0 Å². The number of piperidine rings is 1. The van der Waals surface area contributed by atoms with E-state index in [2.05, 4.69) is 18.7 Å². The monoisotopic (exact) mass is 228 g/mol. The van der Waals surface area contributed by atoms with Crippen LogP contribution in [0.1, 0.15) is 46.0 Å². The molecule has 1 fully saturated rings. The Hall–Kier alpha value is -0.120. The molecule has 1 heterocycles. The molecule has 96 valence electrons. The largest absolute Gasteiger partial charge is 0.385 e. The molecule has 1 aliphatic rings. The van der Waals surface area contributed by atoms with Gasteiger partial charge in [0, 0.05) is 25.3 Å². The summed E-state index contributed by atoms with van der Waals surface area (Å²) in [5, 5.41) is 0. The highest BCUT2D eigenvalue weighted by molar-refractivity contribution is 4.92. The maximum absolute atomic E-state index is 6.33. The summed E-state index contributed by atoms with van der Waals surface area (Å²) >= 11 is 0. The number of hydrogen-bond donors (Lipinski definition) is 1. The van der Waals surface area contributed by atoms with Crippen LogP contribution < -0.4 is 5.73 Å². The van der Waals surface area contributed by atoms with Crippen LogP contribution in [-0.4, -0.2) is 43.3 Å². The van der Waals surface area contributed by atoms with Gasteiger partial charge in [-0.3, -0.25) is 4.90 Å². The van der Waals surface area contributed by atoms with Crippen molar-refractivity contribution in [2.75, 3.05) is 26.8 Å². The van der Waals surface area contributed by atoms with Gasteiger partial charge in [0.2, 0.25) is 0 Å². The Balaban J connectivity index is 2.40. The van der Waals surface area contributed by atoms with Gasteiger partial charge in [-0.05, 0) is 52.6 Å². The van der Waals surface area contributed by atoms with Crippen LogP contribution >= 0.6 is 0 Å². The van der Waals surface area contributed by atoms with Crippen molar-refractivity contribution >= 4 is 0 Å². The summed E-state index contributed by atoms with van der Waals surface area (Å²) in [6.45, 7) is 7.82. The first-order chi connectivity index (χ1) is 7.59. The van der Waals surface area contributed by atoms with Gasteiger partial charge in [-0.15, -0.1) is 0 Å². The number of rotatable bonds is 6. The van der Waals surface area contributed by atoms with Gasteiger partial charge in [-0.2, -0.15) is 0 Å². The van der Waals surface area contributed by atoms with Gasteiger partial charge in [-0.1, -0.05) is 6.42 Å². The lowest BCUT2D eigenvalue weighted by atomic mass is 9.88. The first-order valence-electron chi connectivity index (χ1n) is 6.58. The van der Waals surface area contributed by atoms with Crippen LogP contribution in [0.4, 0.5) is 0 Å². The molecule has 0 spiro atoms. The second-order valence-electron chi connectivity index (χ2n) is 5.44. The molecule has 0 aromatic rings. The summed E-state index contributed by atoms with van der Waals surface area (Å²) in [5.74, 6) is 0. The van der Waals surface area contributed by atoms with Crippen molar-refractivity contribution in [1.29, 1.82) is 0 Å². The molecule has 0 aromatic heterocycles. The van der Waals surface area contributed by atoms with Crippen LogP contribution in [-0.2, 0) is 4.74 Å². The first-order valence-corrected chi connectivity index (χ1v) is 6.58. The molecule has 3 nitrogen and oxygen atoms in total. The zero-order chi connectivity index (χ0) is 12.0. The Labute approximate surface area is 100 Å². The Morgan fingerprint density at radius 2 is 1.88 bits per heavy atom. The number of ether oxygens (including phenoxy) is 1. The fraction of sp³-hybridized carbons (Fsp3) is 1.00. The molecule has 0 bridgehead atoms. The average Bonchev–Trinajstić information content (AvgIpc) is 2.30. The second-order valence-corrected chi connectivity index (χ2v) is 5.44. The van der Waals surface area contributed by atoms with E-state index in [1.165, 1.54) is 32.4 Å². The van der Waals surface area contributed by atoms with Crippen LogP contribution in [0.5, 0.6) is 0 Å². The second kappa shape index (κ2) is 6.58. The molecule has 1 atom stereocenters. The Morgan fingerprint density at radius 3 is 2.44 bits per heavy atom. The number of likely N-dealkylation sites (tertiary alicyclic amines) is 1. The Kier molecular flexibility index (Phi) is 5.73. The number of hydrogen-bond acceptors (Lipinski definition) is 3. The van der Waals surface area contributed by atoms with Crippen LogP contribution in [0, 0.1) is 0 Å². The van der Waals surface area contributed by atoms with Gasteiger partial charge >= 0.3 is 0 Å². The van der Waals surface area contributed by atoms with Gasteiger partial charge in [-0.25, -0.2) is 0 Å². The molecule has 0 aliphatic carbocycles. The minimum Gasteiger partial charge on any atom is -0.385 e. The number of methoxy groups -OCH3 is 1. The third kappa shape index (κ3) is 3.72. The maximum atomic E-state index is 6.33. The highest BCUT2D eigenvalue weighted by Gasteiger charge is 2.33. The van der Waals surface area contributed by atoms with Crippen molar-refractivity contribution in [3.05, 3.63) is 0 Å². The molecule has 1 saturated heterocycles. The van der Waals surface area contributed by atoms with E-state index >= 15 is 0 Å². The van der Waals surface area contributed by atoms with Crippen molar-refractivity contribution in [2.24, 2.45) is 5.73 Å². The standard InChI is InChI=1S/C13H28N2O/c1-13(2,12(14)8-7-11-16-3)15-9-5-4-6-10-15/h12H,4-11,14H2,1-3H3. The highest BCUT2D eigenvalue weighted by Crippen LogP contribution is 2.24. The third-order valence-electron chi connectivity index (χ3n) is 3.94. The van der Waals surface area contributed by atoms with E-state index in [9.17, 15) is 0 Å². The Morgan fingerprint density at radius 1 is 1.25 bits per heavy atom. The summed E-state index contributed by atoms with van der Waals surface area (Å²) in [7, 11) is 1.75. The molecule has 0 saturated carbocycles. The van der Waals surface area contributed by atoms with Crippen molar-refractivity contribution in [3.8, 4) is 0 Å². The van der Waals surface area contributed by atoms with Gasteiger partial charge in [0.15, 0.2) is 0 Å². The zero-order valence-electron chi connectivity index (χ0n) is 11.2. The van der Waals surface area contributed by atoms with Crippen molar-refractivity contribution in [2.45, 2.75) is 57.5 Å². The van der Waals surface area contributed by atoms with Crippen LogP contribution in [0.2, 0.25) is 0 Å². The van der Waals surface area contributed by atoms with Crippen LogP contribution in [0.3, 0.4) is 0 Å². The molecular weight excluding hydrogens is 200 g/mol. The van der Waals surface area contributed by atoms with Gasteiger partial charge in [0.05, 0.1) is 0 Å². The van der Waals surface area contributed by atoms with E-state index < -0.39 is 0 Å². The highest BCUT2D eigenvalue weighted by atomic mass is 16.5. The summed E-state index contributed by atoms with van der Waals surface area (Å²) in [6, 6.07) is 0.251. The van der Waals surface area contributed by atoms with E-state index in [1.807, 2.05) is 0 Å². The molecule has 0 radical (unpaired) electrons. The molecule has 1 aliphatic heterocycles. The molecule has 0 amide bonds. The van der Waals surface area contributed by atoms with Gasteiger partial charge in [0.25, 0.3) is 0 Å². The van der Waals surface area contributed by atoms with E-state index in [0.717, 1.165) is 19.4 Å². The number of nitrogens with zero attached hydrogens (tertiary/aromatic N) is 1. The number of nitrogens with two attached hydrogens (primary N) is 1. The van der Waals surface area contributed by atoms with Crippen molar-refractivity contribution in [3.63, 3.8) is 0 Å². The molecule has 2 N–H and O–H groups in total. The van der Waals surface area contributed by atoms with Crippen molar-refractivity contribution < 1.29 is 4.74 Å². The average molecular weight is 228 g/mol. The minimum atomic E-state index is 0.133. The van der Waals surface area contributed by atoms with Crippen molar-refractivity contribution in [1.82, 2.24) is 4.90 Å². The molecule has 3 heteroatoms. The Bertz CT molecular complexity index is 188. The lowest BCUT2D eigenvalue weighted by Crippen LogP contribution is -2.57. The smallest absolute Gasteiger partial charge is 0.0462 e. The predicted molar refractivity (Wildman–Crippen MR) is 68.6 cm³/mol. The lowest BCUT2D eigenvalue weighted by Gasteiger charge is -2.44. The van der Waals surface area contributed by atoms with E-state index in [1.54, 1.807) is 7.11 Å². The van der Waals surface area contributed by atoms with Crippen LogP contribution in [0.25, 0.3) is 0 Å². The van der Waals surface area contributed by atoms with E-state index in [4.69, 9.17) is 10.5 Å². The fourth-order valence-corrected chi connectivity index (χ4v) is 2.51. The molecule has 1 unspecified atom stereocenters. The van der Waals surface area contributed by atoms with E-state index in [-0.39, 0.29) is 11.6 Å². The molecule has 0 aromatic carbocycles. The fourth-order valence-electron chi connectivity index (χ4n) is 2.51. The molecular formula is C13H28N2O. The maximum Gasteiger partial charge on any atom is 0.0462 e. The first kappa shape index (κ1) is 13.9. The van der Waals surface area contributed by atoms with Gasteiger partial charge in [0.1, 0.15) is 0 Å². The van der Waals surface area contributed by atoms with E-state index in [0.29, 0.717) is 0 Å². The lowest BCUT2D eigenvalue weighted by molar-refractivity contribution is 0.0671. The minimum absolute atomic E-state index is 0.133. The zero-order valence-corrected chi connectivity index (χ0v) is 11.2. The SMILES string of the molecule is COCCCC(N)C(C)(C)N1CCCCC1. The summed E-state index contributed by atoms with van der Waals surface area (Å²) in [4.78, 5) is 2.56. The summed E-state index contributed by atoms with van der Waals surface area (Å²) in [5.41, 5.74) is 6.46. The summed E-state index contributed by atoms with van der Waals surface area (Å²) < 4.78 is 5.08. The van der Waals surface area contributed by atoms with Gasteiger partial charge < -0.3 is 10.5 Å². The third-order valence-corrected chi connectivity index (χ3v) is 3.94. The summed E-state index contributed by atoms with van der Waals surface area (Å²) in [6.07, 6.45) is 6.15. The topological polar surface area (TPSA) is 38.5 Å². The normalized spacial score (nSPS) is 21.0. The predicted octanol–water partition coefficient (Wildman–Crippen LogP) is 2.00. The quantitative estimate of drug-likeness (QED) is 0.707.